The topological polar surface area (TPSA) is 52.9 Å². The number of amides is 1. The number of carbonyl (C=O) groups excluding carboxylic acids is 1. The van der Waals surface area contributed by atoms with Crippen LogP contribution >= 0.6 is 11.6 Å². The van der Waals surface area contributed by atoms with Crippen molar-refractivity contribution >= 4 is 17.5 Å². The lowest BCUT2D eigenvalue weighted by molar-refractivity contribution is -0.121. The van der Waals surface area contributed by atoms with Crippen LogP contribution in [0.5, 0.6) is 0 Å². The van der Waals surface area contributed by atoms with Crippen molar-refractivity contribution in [2.75, 3.05) is 0 Å². The smallest absolute Gasteiger partial charge is 0.234 e. The highest BCUT2D eigenvalue weighted by molar-refractivity contribution is 6.30. The predicted molar refractivity (Wildman–Crippen MR) is 62.9 cm³/mol. The third-order valence-electron chi connectivity index (χ3n) is 2.24. The third-order valence-corrected chi connectivity index (χ3v) is 2.47. The number of benzene rings is 1. The summed E-state index contributed by atoms with van der Waals surface area (Å²) in [5.41, 5.74) is 0.380. The first kappa shape index (κ1) is 12.5. The molecule has 84 valence electrons. The molecule has 0 aromatic heterocycles. The van der Waals surface area contributed by atoms with Gasteiger partial charge >= 0.3 is 0 Å². The maximum absolute atomic E-state index is 11.4. The second kappa shape index (κ2) is 5.00. The van der Waals surface area contributed by atoms with Crippen molar-refractivity contribution in [3.05, 3.63) is 34.9 Å². The molecule has 0 saturated heterocycles. The van der Waals surface area contributed by atoms with Crippen LogP contribution in [0.4, 0.5) is 0 Å². The highest BCUT2D eigenvalue weighted by Gasteiger charge is 2.22. The summed E-state index contributed by atoms with van der Waals surface area (Å²) in [4.78, 5) is 11.4. The highest BCUT2D eigenvalue weighted by Crippen LogP contribution is 2.22. The molecular weight excluding hydrogens is 224 g/mol. The molecule has 0 radical (unpaired) electrons. The van der Waals surface area contributed by atoms with E-state index in [1.54, 1.807) is 12.1 Å². The summed E-state index contributed by atoms with van der Waals surface area (Å²) in [5.74, 6) is -0.285. The number of hydrogen-bond acceptors (Lipinski definition) is 2. The van der Waals surface area contributed by atoms with Crippen molar-refractivity contribution < 1.29 is 4.79 Å². The van der Waals surface area contributed by atoms with Crippen molar-refractivity contribution in [1.82, 2.24) is 5.32 Å². The van der Waals surface area contributed by atoms with Crippen LogP contribution in [-0.4, -0.2) is 5.91 Å². The van der Waals surface area contributed by atoms with Gasteiger partial charge < -0.3 is 5.32 Å². The lowest BCUT2D eigenvalue weighted by Gasteiger charge is -2.26. The molecule has 0 spiro atoms. The quantitative estimate of drug-likeness (QED) is 0.877. The van der Waals surface area contributed by atoms with E-state index in [0.717, 1.165) is 5.56 Å². The number of nitrogens with one attached hydrogen (secondary N) is 1. The number of carbonyl (C=O) groups is 1. The molecule has 1 amide bonds. The van der Waals surface area contributed by atoms with E-state index in [-0.39, 0.29) is 12.3 Å². The zero-order valence-electron chi connectivity index (χ0n) is 9.25. The van der Waals surface area contributed by atoms with Gasteiger partial charge in [0, 0.05) is 5.02 Å². The van der Waals surface area contributed by atoms with E-state index in [0.29, 0.717) is 5.02 Å². The monoisotopic (exact) mass is 236 g/mol. The van der Waals surface area contributed by atoms with E-state index >= 15 is 0 Å². The largest absolute Gasteiger partial charge is 0.346 e. The summed E-state index contributed by atoms with van der Waals surface area (Å²) in [5, 5.41) is 11.8. The molecule has 0 aliphatic rings. The zero-order chi connectivity index (χ0) is 12.2. The predicted octanol–water partition coefficient (Wildman–Crippen LogP) is 2.60. The van der Waals surface area contributed by atoms with Gasteiger partial charge in [0.05, 0.1) is 11.6 Å². The van der Waals surface area contributed by atoms with Gasteiger partial charge in [0.25, 0.3) is 0 Å². The molecule has 1 aromatic carbocycles. The fourth-order valence-electron chi connectivity index (χ4n) is 1.41. The second-order valence-electron chi connectivity index (χ2n) is 4.02. The van der Waals surface area contributed by atoms with E-state index in [1.165, 1.54) is 0 Å². The van der Waals surface area contributed by atoms with Crippen LogP contribution in [0, 0.1) is 11.3 Å². The summed E-state index contributed by atoms with van der Waals surface area (Å²) >= 11 is 5.88. The molecule has 1 aromatic rings. The van der Waals surface area contributed by atoms with Gasteiger partial charge in [0.2, 0.25) is 5.91 Å². The molecule has 4 heteroatoms. The van der Waals surface area contributed by atoms with Crippen molar-refractivity contribution in [3.8, 4) is 6.07 Å². The summed E-state index contributed by atoms with van der Waals surface area (Å²) < 4.78 is 0. The van der Waals surface area contributed by atoms with E-state index in [2.05, 4.69) is 5.32 Å². The van der Waals surface area contributed by atoms with E-state index in [1.807, 2.05) is 32.0 Å². The average molecular weight is 237 g/mol. The summed E-state index contributed by atoms with van der Waals surface area (Å²) in [6.45, 7) is 3.74. The molecule has 1 rings (SSSR count). The summed E-state index contributed by atoms with van der Waals surface area (Å²) in [6, 6.07) is 9.11. The Morgan fingerprint density at radius 1 is 1.56 bits per heavy atom. The Bertz CT molecular complexity index is 435. The molecule has 0 aliphatic heterocycles. The van der Waals surface area contributed by atoms with Crippen LogP contribution in [0.2, 0.25) is 5.02 Å². The first-order valence-corrected chi connectivity index (χ1v) is 5.27. The van der Waals surface area contributed by atoms with Crippen LogP contribution in [0.1, 0.15) is 25.8 Å². The van der Waals surface area contributed by atoms with Crippen LogP contribution in [-0.2, 0) is 10.3 Å². The minimum atomic E-state index is -0.529. The van der Waals surface area contributed by atoms with Gasteiger partial charge in [-0.2, -0.15) is 5.26 Å². The molecule has 0 heterocycles. The molecule has 3 nitrogen and oxygen atoms in total. The Balaban J connectivity index is 2.86. The van der Waals surface area contributed by atoms with E-state index in [9.17, 15) is 4.79 Å². The Hall–Kier alpha value is -1.53. The number of halogens is 1. The Morgan fingerprint density at radius 2 is 2.25 bits per heavy atom. The molecule has 16 heavy (non-hydrogen) atoms. The lowest BCUT2D eigenvalue weighted by Crippen LogP contribution is -2.40. The molecule has 1 N–H and O–H groups in total. The molecule has 0 atom stereocenters. The molecule has 0 fully saturated rings. The maximum Gasteiger partial charge on any atom is 0.234 e. The van der Waals surface area contributed by atoms with Gasteiger partial charge in [-0.3, -0.25) is 4.79 Å². The zero-order valence-corrected chi connectivity index (χ0v) is 10.0. The van der Waals surface area contributed by atoms with Crippen molar-refractivity contribution in [3.63, 3.8) is 0 Å². The number of hydrogen-bond donors (Lipinski definition) is 1. The standard InChI is InChI=1S/C12H13ClN2O/c1-12(2,15-11(16)6-7-14)9-4-3-5-10(13)8-9/h3-5,8H,6H2,1-2H3,(H,15,16). The molecule has 0 bridgehead atoms. The summed E-state index contributed by atoms with van der Waals surface area (Å²) in [6.07, 6.45) is -0.135. The van der Waals surface area contributed by atoms with Crippen LogP contribution < -0.4 is 5.32 Å². The minimum absolute atomic E-state index is 0.135. The number of nitrogens with zero attached hydrogens (tertiary/aromatic N) is 1. The van der Waals surface area contributed by atoms with Crippen molar-refractivity contribution in [2.45, 2.75) is 25.8 Å². The molecule has 0 saturated carbocycles. The first-order chi connectivity index (χ1) is 7.45. The molecule has 0 unspecified atom stereocenters. The van der Waals surface area contributed by atoms with Gasteiger partial charge in [-0.05, 0) is 31.5 Å². The molecule has 0 aliphatic carbocycles. The summed E-state index contributed by atoms with van der Waals surface area (Å²) in [7, 11) is 0. The van der Waals surface area contributed by atoms with Crippen LogP contribution in [0.25, 0.3) is 0 Å². The van der Waals surface area contributed by atoms with Gasteiger partial charge in [0.1, 0.15) is 6.42 Å². The molecular formula is C12H13ClN2O. The fourth-order valence-corrected chi connectivity index (χ4v) is 1.60. The van der Waals surface area contributed by atoms with Crippen LogP contribution in [0.15, 0.2) is 24.3 Å². The van der Waals surface area contributed by atoms with Crippen LogP contribution in [0.3, 0.4) is 0 Å². The SMILES string of the molecule is CC(C)(NC(=O)CC#N)c1cccc(Cl)c1. The van der Waals surface area contributed by atoms with E-state index in [4.69, 9.17) is 16.9 Å². The average Bonchev–Trinajstić information content (AvgIpc) is 2.17. The Kier molecular flexibility index (Phi) is 3.92. The Morgan fingerprint density at radius 3 is 2.81 bits per heavy atom. The van der Waals surface area contributed by atoms with Gasteiger partial charge in [-0.15, -0.1) is 0 Å². The van der Waals surface area contributed by atoms with Gasteiger partial charge in [0.15, 0.2) is 0 Å². The number of rotatable bonds is 3. The highest BCUT2D eigenvalue weighted by atomic mass is 35.5. The van der Waals surface area contributed by atoms with Gasteiger partial charge in [-0.25, -0.2) is 0 Å². The normalized spacial score (nSPS) is 10.6. The minimum Gasteiger partial charge on any atom is -0.346 e. The van der Waals surface area contributed by atoms with Crippen molar-refractivity contribution in [2.24, 2.45) is 0 Å². The first-order valence-electron chi connectivity index (χ1n) is 4.90. The second-order valence-corrected chi connectivity index (χ2v) is 4.45. The van der Waals surface area contributed by atoms with Crippen molar-refractivity contribution in [1.29, 1.82) is 5.26 Å². The van der Waals surface area contributed by atoms with E-state index < -0.39 is 5.54 Å². The maximum atomic E-state index is 11.4. The fraction of sp³-hybridized carbons (Fsp3) is 0.333. The third kappa shape index (κ3) is 3.25. The lowest BCUT2D eigenvalue weighted by atomic mass is 9.94. The Labute approximate surface area is 100 Å². The number of nitriles is 1. The van der Waals surface area contributed by atoms with Gasteiger partial charge in [-0.1, -0.05) is 23.7 Å².